The number of aromatic nitrogens is 5. The number of aryl methyl sites for hydroxylation is 1. The minimum Gasteiger partial charge on any atom is -0.477 e. The normalized spacial score (nSPS) is 11.2. The van der Waals surface area contributed by atoms with E-state index in [0.717, 1.165) is 10.6 Å². The zero-order valence-electron chi connectivity index (χ0n) is 14.3. The van der Waals surface area contributed by atoms with Gasteiger partial charge >= 0.3 is 17.4 Å². The van der Waals surface area contributed by atoms with Crippen molar-refractivity contribution in [3.8, 4) is 0 Å². The molecule has 0 aliphatic rings. The zero-order valence-corrected chi connectivity index (χ0v) is 14.3. The predicted molar refractivity (Wildman–Crippen MR) is 93.2 cm³/mol. The fourth-order valence-corrected chi connectivity index (χ4v) is 2.72. The molecule has 0 atom stereocenters. The maximum atomic E-state index is 12.4. The number of fused-ring (bicyclic) bond motifs is 2. The number of oxazole rings is 1. The Kier molecular flexibility index (Phi) is 3.80. The van der Waals surface area contributed by atoms with Crippen LogP contribution in [0.3, 0.4) is 0 Å². The average molecular weight is 384 g/mol. The van der Waals surface area contributed by atoms with Crippen LogP contribution < -0.4 is 16.8 Å². The van der Waals surface area contributed by atoms with E-state index in [4.69, 9.17) is 4.42 Å². The van der Waals surface area contributed by atoms with Gasteiger partial charge in [-0.3, -0.25) is 9.36 Å². The summed E-state index contributed by atoms with van der Waals surface area (Å²) in [6.45, 7) is 0.0940. The number of hydrogen-bond donors (Lipinski definition) is 3. The molecule has 0 saturated carbocycles. The lowest BCUT2D eigenvalue weighted by molar-refractivity contribution is 0.0687. The Bertz CT molecular complexity index is 1370. The number of hydrogen-bond acceptors (Lipinski definition) is 7. The topological polar surface area (TPSA) is 165 Å². The smallest absolute Gasteiger partial charge is 0.419 e. The Hall–Kier alpha value is -4.22. The number of H-pyrrole nitrogens is 1. The molecule has 3 aromatic heterocycles. The molecule has 0 aliphatic carbocycles. The van der Waals surface area contributed by atoms with Gasteiger partial charge in [0.15, 0.2) is 11.3 Å². The van der Waals surface area contributed by atoms with Crippen LogP contribution in [0.15, 0.2) is 38.3 Å². The summed E-state index contributed by atoms with van der Waals surface area (Å²) in [6.07, 6.45) is 0. The van der Waals surface area contributed by atoms with Crippen molar-refractivity contribution in [3.63, 3.8) is 0 Å². The Morgan fingerprint density at radius 1 is 1.25 bits per heavy atom. The molecule has 0 bridgehead atoms. The maximum Gasteiger partial charge on any atom is 0.419 e. The largest absolute Gasteiger partial charge is 0.477 e. The fraction of sp³-hybridized carbons (Fsp3) is 0.125. The lowest BCUT2D eigenvalue weighted by Crippen LogP contribution is -2.25. The summed E-state index contributed by atoms with van der Waals surface area (Å²) < 4.78 is 7.27. The Balaban J connectivity index is 1.62. The highest BCUT2D eigenvalue weighted by Crippen LogP contribution is 2.14. The SMILES string of the molecule is Cn1c(=O)oc2ccc(CNC(=O)c3cc(C(=O)O)n4[nH]c(=O)nc4n3)cc21. The van der Waals surface area contributed by atoms with Gasteiger partial charge in [-0.05, 0) is 17.7 Å². The summed E-state index contributed by atoms with van der Waals surface area (Å²) in [6, 6.07) is 6.01. The van der Waals surface area contributed by atoms with Gasteiger partial charge in [0.25, 0.3) is 11.7 Å². The second kappa shape index (κ2) is 6.19. The molecule has 142 valence electrons. The van der Waals surface area contributed by atoms with Gasteiger partial charge in [0.05, 0.1) is 5.52 Å². The van der Waals surface area contributed by atoms with E-state index in [1.54, 1.807) is 25.2 Å². The first-order valence-electron chi connectivity index (χ1n) is 7.93. The third-order valence-corrected chi connectivity index (χ3v) is 4.10. The number of nitrogens with zero attached hydrogens (tertiary/aromatic N) is 4. The van der Waals surface area contributed by atoms with E-state index in [-0.39, 0.29) is 23.7 Å². The molecule has 4 aromatic rings. The zero-order chi connectivity index (χ0) is 20.0. The number of amides is 1. The Morgan fingerprint density at radius 3 is 2.79 bits per heavy atom. The molecule has 0 unspecified atom stereocenters. The number of benzene rings is 1. The molecular formula is C16H12N6O6. The van der Waals surface area contributed by atoms with Gasteiger partial charge in [-0.15, -0.1) is 0 Å². The molecule has 0 radical (unpaired) electrons. The van der Waals surface area contributed by atoms with E-state index in [2.05, 4.69) is 20.4 Å². The van der Waals surface area contributed by atoms with Crippen LogP contribution in [0.5, 0.6) is 0 Å². The number of nitrogens with one attached hydrogen (secondary N) is 2. The van der Waals surface area contributed by atoms with Crippen LogP contribution in [0.2, 0.25) is 0 Å². The number of rotatable bonds is 4. The summed E-state index contributed by atoms with van der Waals surface area (Å²) in [7, 11) is 1.56. The standard InChI is InChI=1S/C16H12N6O6/c1-21-9-4-7(2-3-11(9)28-16(21)27)6-17-12(23)8-5-10(13(24)25)22-14(18-8)19-15(26)20-22/h2-5H,6H2,1H3,(H,17,23)(H,20,26)(H,24,25). The third kappa shape index (κ3) is 2.82. The molecule has 12 nitrogen and oxygen atoms in total. The number of carboxylic acids is 1. The van der Waals surface area contributed by atoms with Crippen molar-refractivity contribution in [2.75, 3.05) is 0 Å². The van der Waals surface area contributed by atoms with Crippen molar-refractivity contribution >= 4 is 28.8 Å². The van der Waals surface area contributed by atoms with E-state index in [9.17, 15) is 24.3 Å². The van der Waals surface area contributed by atoms with E-state index in [0.29, 0.717) is 16.7 Å². The number of carbonyl (C=O) groups is 2. The van der Waals surface area contributed by atoms with E-state index in [1.165, 1.54) is 4.57 Å². The summed E-state index contributed by atoms with van der Waals surface area (Å²) in [4.78, 5) is 54.1. The summed E-state index contributed by atoms with van der Waals surface area (Å²) >= 11 is 0. The van der Waals surface area contributed by atoms with Gasteiger partial charge in [-0.2, -0.15) is 4.98 Å². The third-order valence-electron chi connectivity index (χ3n) is 4.10. The molecule has 28 heavy (non-hydrogen) atoms. The molecule has 4 rings (SSSR count). The maximum absolute atomic E-state index is 12.4. The average Bonchev–Trinajstić information content (AvgIpc) is 3.17. The van der Waals surface area contributed by atoms with Crippen LogP contribution in [0.4, 0.5) is 0 Å². The molecule has 3 N–H and O–H groups in total. The van der Waals surface area contributed by atoms with E-state index < -0.39 is 23.3 Å². The molecule has 1 amide bonds. The van der Waals surface area contributed by atoms with Crippen LogP contribution in [0.1, 0.15) is 26.5 Å². The highest BCUT2D eigenvalue weighted by molar-refractivity contribution is 5.95. The minimum absolute atomic E-state index is 0.0940. The summed E-state index contributed by atoms with van der Waals surface area (Å²) in [5.74, 6) is -2.74. The molecule has 0 spiro atoms. The van der Waals surface area contributed by atoms with E-state index >= 15 is 0 Å². The lowest BCUT2D eigenvalue weighted by Gasteiger charge is -2.07. The highest BCUT2D eigenvalue weighted by atomic mass is 16.4. The monoisotopic (exact) mass is 384 g/mol. The molecule has 1 aromatic carbocycles. The van der Waals surface area contributed by atoms with Crippen LogP contribution in [-0.4, -0.2) is 41.1 Å². The van der Waals surface area contributed by atoms with Crippen molar-refractivity contribution < 1.29 is 19.1 Å². The van der Waals surface area contributed by atoms with Gasteiger partial charge in [0, 0.05) is 19.7 Å². The van der Waals surface area contributed by atoms with Crippen LogP contribution >= 0.6 is 0 Å². The molecular weight excluding hydrogens is 372 g/mol. The van der Waals surface area contributed by atoms with Gasteiger partial charge in [-0.1, -0.05) is 6.07 Å². The van der Waals surface area contributed by atoms with Gasteiger partial charge in [0.2, 0.25) is 0 Å². The number of carboxylic acid groups (broad SMARTS) is 1. The van der Waals surface area contributed by atoms with Gasteiger partial charge in [0.1, 0.15) is 5.69 Å². The first-order chi connectivity index (χ1) is 13.3. The fourth-order valence-electron chi connectivity index (χ4n) is 2.72. The van der Waals surface area contributed by atoms with Crippen LogP contribution in [-0.2, 0) is 13.6 Å². The first kappa shape index (κ1) is 17.2. The number of aromatic carboxylic acids is 1. The van der Waals surface area contributed by atoms with Crippen molar-refractivity contribution in [2.45, 2.75) is 6.54 Å². The van der Waals surface area contributed by atoms with Crippen molar-refractivity contribution in [2.24, 2.45) is 7.05 Å². The summed E-state index contributed by atoms with van der Waals surface area (Å²) in [5.41, 5.74) is 0.324. The van der Waals surface area contributed by atoms with Gasteiger partial charge < -0.3 is 14.8 Å². The molecule has 0 aliphatic heterocycles. The molecule has 12 heteroatoms. The second-order valence-electron chi connectivity index (χ2n) is 5.91. The number of carbonyl (C=O) groups excluding carboxylic acids is 1. The first-order valence-corrected chi connectivity index (χ1v) is 7.93. The quantitative estimate of drug-likeness (QED) is 0.423. The Morgan fingerprint density at radius 2 is 2.04 bits per heavy atom. The molecule has 0 fully saturated rings. The minimum atomic E-state index is -1.36. The van der Waals surface area contributed by atoms with Crippen LogP contribution in [0.25, 0.3) is 16.9 Å². The van der Waals surface area contributed by atoms with Crippen molar-refractivity contribution in [1.82, 2.24) is 29.5 Å². The lowest BCUT2D eigenvalue weighted by atomic mass is 10.2. The predicted octanol–water partition coefficient (Wildman–Crippen LogP) is -0.509. The second-order valence-corrected chi connectivity index (χ2v) is 5.91. The Labute approximate surface area is 154 Å². The molecule has 0 saturated heterocycles. The van der Waals surface area contributed by atoms with Gasteiger partial charge in [-0.25, -0.2) is 29.0 Å². The molecule has 3 heterocycles. The van der Waals surface area contributed by atoms with E-state index in [1.807, 2.05) is 0 Å². The highest BCUT2D eigenvalue weighted by Gasteiger charge is 2.18. The number of aromatic amines is 1. The van der Waals surface area contributed by atoms with Crippen LogP contribution in [0, 0.1) is 0 Å². The van der Waals surface area contributed by atoms with Crippen molar-refractivity contribution in [1.29, 1.82) is 0 Å². The van der Waals surface area contributed by atoms with Crippen molar-refractivity contribution in [3.05, 3.63) is 62.3 Å². The summed E-state index contributed by atoms with van der Waals surface area (Å²) in [5, 5.41) is 14.1.